The summed E-state index contributed by atoms with van der Waals surface area (Å²) >= 11 is 1.56. The lowest BCUT2D eigenvalue weighted by atomic mass is 9.98. The highest BCUT2D eigenvalue weighted by molar-refractivity contribution is 7.98. The Kier molecular flexibility index (Phi) is 7.19. The summed E-state index contributed by atoms with van der Waals surface area (Å²) in [6.45, 7) is 2.57. The van der Waals surface area contributed by atoms with E-state index in [1.807, 2.05) is 85.8 Å². The molecule has 1 aromatic heterocycles. The molecule has 7 heteroatoms. The highest BCUT2D eigenvalue weighted by Crippen LogP contribution is 2.25. The zero-order valence-electron chi connectivity index (χ0n) is 17.7. The Balaban J connectivity index is 1.48. The van der Waals surface area contributed by atoms with E-state index in [4.69, 9.17) is 4.74 Å². The molecule has 0 fully saturated rings. The lowest BCUT2D eigenvalue weighted by Crippen LogP contribution is -2.29. The van der Waals surface area contributed by atoms with E-state index >= 15 is 0 Å². The Morgan fingerprint density at radius 3 is 2.38 bits per heavy atom. The molecule has 0 bridgehead atoms. The first-order valence-corrected chi connectivity index (χ1v) is 11.4. The van der Waals surface area contributed by atoms with E-state index in [0.717, 1.165) is 33.3 Å². The number of H-pyrrole nitrogens is 1. The Morgan fingerprint density at radius 2 is 1.72 bits per heavy atom. The molecule has 1 unspecified atom stereocenters. The number of rotatable bonds is 9. The van der Waals surface area contributed by atoms with Crippen molar-refractivity contribution in [2.24, 2.45) is 0 Å². The van der Waals surface area contributed by atoms with Crippen molar-refractivity contribution in [2.45, 2.75) is 23.9 Å². The van der Waals surface area contributed by atoms with E-state index in [0.29, 0.717) is 12.2 Å². The van der Waals surface area contributed by atoms with Crippen LogP contribution >= 0.6 is 11.8 Å². The highest BCUT2D eigenvalue weighted by Gasteiger charge is 2.18. The van der Waals surface area contributed by atoms with Crippen molar-refractivity contribution in [3.8, 4) is 5.75 Å². The van der Waals surface area contributed by atoms with Crippen LogP contribution in [0.15, 0.2) is 90.3 Å². The number of hydrogen-bond acceptors (Lipinski definition) is 5. The molecule has 1 heterocycles. The first kappa shape index (κ1) is 21.6. The Bertz CT molecular complexity index is 1120. The normalized spacial score (nSPS) is 11.7. The van der Waals surface area contributed by atoms with Crippen molar-refractivity contribution in [1.29, 1.82) is 0 Å². The monoisotopic (exact) mass is 444 g/mol. The second-order valence-corrected chi connectivity index (χ2v) is 8.06. The van der Waals surface area contributed by atoms with Gasteiger partial charge in [-0.25, -0.2) is 4.98 Å². The van der Waals surface area contributed by atoms with Crippen molar-refractivity contribution in [3.05, 3.63) is 107 Å². The number of aromatic amines is 1. The van der Waals surface area contributed by atoms with E-state index in [1.165, 1.54) is 6.33 Å². The summed E-state index contributed by atoms with van der Waals surface area (Å²) in [6.07, 6.45) is 1.49. The highest BCUT2D eigenvalue weighted by atomic mass is 32.2. The number of amides is 1. The number of hydrogen-bond donors (Lipinski definition) is 2. The van der Waals surface area contributed by atoms with Gasteiger partial charge in [0.05, 0.1) is 12.6 Å². The van der Waals surface area contributed by atoms with Gasteiger partial charge in [0, 0.05) is 11.3 Å². The molecule has 1 atom stereocenters. The molecule has 0 aliphatic rings. The van der Waals surface area contributed by atoms with Gasteiger partial charge in [0.25, 0.3) is 5.91 Å². The van der Waals surface area contributed by atoms with Crippen LogP contribution in [-0.4, -0.2) is 27.7 Å². The van der Waals surface area contributed by atoms with Crippen LogP contribution in [0, 0.1) is 0 Å². The zero-order valence-corrected chi connectivity index (χ0v) is 18.5. The van der Waals surface area contributed by atoms with Crippen LogP contribution < -0.4 is 10.1 Å². The van der Waals surface area contributed by atoms with Crippen molar-refractivity contribution < 1.29 is 9.53 Å². The molecule has 6 nitrogen and oxygen atoms in total. The van der Waals surface area contributed by atoms with Gasteiger partial charge in [-0.2, -0.15) is 5.10 Å². The summed E-state index contributed by atoms with van der Waals surface area (Å²) in [5, 5.41) is 10.6. The minimum atomic E-state index is -0.263. The minimum absolute atomic E-state index is 0.123. The fourth-order valence-corrected chi connectivity index (χ4v) is 4.04. The molecule has 0 aliphatic heterocycles. The molecule has 0 radical (unpaired) electrons. The van der Waals surface area contributed by atoms with Crippen molar-refractivity contribution in [2.75, 3.05) is 6.61 Å². The van der Waals surface area contributed by atoms with Gasteiger partial charge in [0.2, 0.25) is 0 Å². The van der Waals surface area contributed by atoms with Crippen LogP contribution in [0.5, 0.6) is 5.75 Å². The quantitative estimate of drug-likeness (QED) is 0.355. The minimum Gasteiger partial charge on any atom is -0.494 e. The molecular weight excluding hydrogens is 420 g/mol. The van der Waals surface area contributed by atoms with E-state index in [9.17, 15) is 4.79 Å². The first-order chi connectivity index (χ1) is 15.7. The number of carbonyl (C=O) groups is 1. The molecule has 1 amide bonds. The van der Waals surface area contributed by atoms with Gasteiger partial charge in [-0.3, -0.25) is 9.89 Å². The van der Waals surface area contributed by atoms with Gasteiger partial charge in [-0.1, -0.05) is 66.4 Å². The van der Waals surface area contributed by atoms with Crippen molar-refractivity contribution >= 4 is 17.7 Å². The molecule has 2 N–H and O–H groups in total. The van der Waals surface area contributed by atoms with Crippen LogP contribution in [0.3, 0.4) is 0 Å². The van der Waals surface area contributed by atoms with Gasteiger partial charge < -0.3 is 10.1 Å². The second kappa shape index (κ2) is 10.6. The summed E-state index contributed by atoms with van der Waals surface area (Å²) < 4.78 is 5.55. The van der Waals surface area contributed by atoms with Crippen molar-refractivity contribution in [1.82, 2.24) is 20.5 Å². The number of ether oxygens (including phenoxy) is 1. The molecule has 4 aromatic rings. The third kappa shape index (κ3) is 5.56. The van der Waals surface area contributed by atoms with Crippen molar-refractivity contribution in [3.63, 3.8) is 0 Å². The van der Waals surface area contributed by atoms with Gasteiger partial charge in [0.15, 0.2) is 5.16 Å². The molecule has 4 rings (SSSR count). The number of carbonyl (C=O) groups excluding carboxylic acids is 1. The van der Waals surface area contributed by atoms with Crippen LogP contribution in [0.1, 0.15) is 40.0 Å². The SMILES string of the molecule is CCOc1ccc(C(NC(=O)c2ccc(CSc3ncn[nH]3)cc2)c2ccccc2)cc1. The van der Waals surface area contributed by atoms with E-state index in [-0.39, 0.29) is 11.9 Å². The van der Waals surface area contributed by atoms with E-state index in [1.54, 1.807) is 11.8 Å². The molecule has 0 saturated heterocycles. The summed E-state index contributed by atoms with van der Waals surface area (Å²) in [7, 11) is 0. The summed E-state index contributed by atoms with van der Waals surface area (Å²) in [5.74, 6) is 1.44. The van der Waals surface area contributed by atoms with Gasteiger partial charge in [0.1, 0.15) is 12.1 Å². The number of benzene rings is 3. The molecule has 0 spiro atoms. The molecule has 3 aromatic carbocycles. The zero-order chi connectivity index (χ0) is 22.2. The molecule has 162 valence electrons. The van der Waals surface area contributed by atoms with Gasteiger partial charge in [-0.05, 0) is 47.9 Å². The summed E-state index contributed by atoms with van der Waals surface area (Å²) in [6, 6.07) is 25.2. The molecule has 0 saturated carbocycles. The standard InChI is InChI=1S/C25H24N4O2S/c1-2-31-22-14-12-20(13-15-22)23(19-6-4-3-5-7-19)28-24(30)21-10-8-18(9-11-21)16-32-25-26-17-27-29-25/h3-15,17,23H,2,16H2,1H3,(H,28,30)(H,26,27,29). The first-order valence-electron chi connectivity index (χ1n) is 10.4. The number of nitrogens with zero attached hydrogens (tertiary/aromatic N) is 2. The maximum absolute atomic E-state index is 13.1. The smallest absolute Gasteiger partial charge is 0.252 e. The van der Waals surface area contributed by atoms with Crippen LogP contribution in [0.25, 0.3) is 0 Å². The van der Waals surface area contributed by atoms with E-state index < -0.39 is 0 Å². The van der Waals surface area contributed by atoms with Crippen LogP contribution in [0.2, 0.25) is 0 Å². The van der Waals surface area contributed by atoms with Gasteiger partial charge in [-0.15, -0.1) is 0 Å². The number of aromatic nitrogens is 3. The predicted molar refractivity (Wildman–Crippen MR) is 126 cm³/mol. The average Bonchev–Trinajstić information content (AvgIpc) is 3.37. The second-order valence-electron chi connectivity index (χ2n) is 7.10. The lowest BCUT2D eigenvalue weighted by Gasteiger charge is -2.20. The number of thioether (sulfide) groups is 1. The Hall–Kier alpha value is -3.58. The van der Waals surface area contributed by atoms with E-state index in [2.05, 4.69) is 20.5 Å². The fraction of sp³-hybridized carbons (Fsp3) is 0.160. The fourth-order valence-electron chi connectivity index (χ4n) is 3.31. The third-order valence-electron chi connectivity index (χ3n) is 4.92. The van der Waals surface area contributed by atoms with Crippen LogP contribution in [-0.2, 0) is 5.75 Å². The number of nitrogens with one attached hydrogen (secondary N) is 2. The average molecular weight is 445 g/mol. The Morgan fingerprint density at radius 1 is 1.00 bits per heavy atom. The largest absolute Gasteiger partial charge is 0.494 e. The Labute approximate surface area is 191 Å². The summed E-state index contributed by atoms with van der Waals surface area (Å²) in [4.78, 5) is 17.2. The maximum atomic E-state index is 13.1. The third-order valence-corrected chi connectivity index (χ3v) is 5.87. The van der Waals surface area contributed by atoms with Crippen LogP contribution in [0.4, 0.5) is 0 Å². The molecular formula is C25H24N4O2S. The molecule has 32 heavy (non-hydrogen) atoms. The summed E-state index contributed by atoms with van der Waals surface area (Å²) in [5.41, 5.74) is 3.73. The predicted octanol–water partition coefficient (Wildman–Crippen LogP) is 5.02. The maximum Gasteiger partial charge on any atom is 0.252 e. The topological polar surface area (TPSA) is 79.9 Å². The van der Waals surface area contributed by atoms with Gasteiger partial charge >= 0.3 is 0 Å². The lowest BCUT2D eigenvalue weighted by molar-refractivity contribution is 0.0943. The molecule has 0 aliphatic carbocycles.